The summed E-state index contributed by atoms with van der Waals surface area (Å²) in [6.45, 7) is 0. The highest BCUT2D eigenvalue weighted by Crippen LogP contribution is 2.20. The van der Waals surface area contributed by atoms with Gasteiger partial charge < -0.3 is 10.2 Å². The van der Waals surface area contributed by atoms with Crippen LogP contribution in [-0.2, 0) is 0 Å². The third-order valence-corrected chi connectivity index (χ3v) is 2.74. The van der Waals surface area contributed by atoms with E-state index in [0.29, 0.717) is 11.9 Å². The lowest BCUT2D eigenvalue weighted by Gasteiger charge is -2.11. The number of anilines is 3. The summed E-state index contributed by atoms with van der Waals surface area (Å²) in [5.74, 6) is 0.921. The van der Waals surface area contributed by atoms with E-state index in [2.05, 4.69) is 36.2 Å². The number of rotatable bonds is 3. The first kappa shape index (κ1) is 13.0. The molecule has 0 unspecified atom stereocenters. The van der Waals surface area contributed by atoms with Crippen LogP contribution in [0.15, 0.2) is 28.7 Å². The number of halogens is 2. The molecule has 1 aromatic carbocycles. The largest absolute Gasteiger partial charge is 0.347 e. The van der Waals surface area contributed by atoms with Gasteiger partial charge in [-0.05, 0) is 29.8 Å². The minimum absolute atomic E-state index is 0.159. The molecule has 1 N–H and O–H groups in total. The number of aromatic nitrogens is 3. The SMILES string of the molecule is CN(C)c1nc(Cl)nc(Nc2cccc(Br)c2)n1. The zero-order valence-electron chi connectivity index (χ0n) is 9.85. The van der Waals surface area contributed by atoms with E-state index in [-0.39, 0.29) is 5.28 Å². The lowest BCUT2D eigenvalue weighted by Crippen LogP contribution is -2.14. The predicted molar refractivity (Wildman–Crippen MR) is 76.6 cm³/mol. The second-order valence-electron chi connectivity index (χ2n) is 3.76. The third kappa shape index (κ3) is 3.30. The minimum Gasteiger partial charge on any atom is -0.347 e. The van der Waals surface area contributed by atoms with Gasteiger partial charge in [-0.25, -0.2) is 0 Å². The summed E-state index contributed by atoms with van der Waals surface area (Å²) in [6, 6.07) is 7.70. The standard InChI is InChI=1S/C11H11BrClN5/c1-18(2)11-16-9(13)15-10(17-11)14-8-5-3-4-7(12)6-8/h3-6H,1-2H3,(H,14,15,16,17). The van der Waals surface area contributed by atoms with Gasteiger partial charge in [0.2, 0.25) is 17.2 Å². The molecule has 0 fully saturated rings. The van der Waals surface area contributed by atoms with Crippen LogP contribution in [0.2, 0.25) is 5.28 Å². The van der Waals surface area contributed by atoms with Gasteiger partial charge >= 0.3 is 0 Å². The molecule has 94 valence electrons. The van der Waals surface area contributed by atoms with E-state index in [0.717, 1.165) is 10.2 Å². The van der Waals surface area contributed by atoms with Gasteiger partial charge in [0.15, 0.2) is 0 Å². The van der Waals surface area contributed by atoms with Crippen LogP contribution in [-0.4, -0.2) is 29.0 Å². The molecule has 5 nitrogen and oxygen atoms in total. The molecular formula is C11H11BrClN5. The first-order valence-electron chi connectivity index (χ1n) is 5.16. The van der Waals surface area contributed by atoms with Gasteiger partial charge in [-0.2, -0.15) is 15.0 Å². The first-order valence-corrected chi connectivity index (χ1v) is 6.33. The number of nitrogens with one attached hydrogen (secondary N) is 1. The molecule has 7 heteroatoms. The van der Waals surface area contributed by atoms with E-state index in [1.54, 1.807) is 4.90 Å². The van der Waals surface area contributed by atoms with Crippen LogP contribution >= 0.6 is 27.5 Å². The minimum atomic E-state index is 0.159. The van der Waals surface area contributed by atoms with Crippen LogP contribution in [0.5, 0.6) is 0 Å². The fraction of sp³-hybridized carbons (Fsp3) is 0.182. The van der Waals surface area contributed by atoms with Crippen molar-refractivity contribution in [3.63, 3.8) is 0 Å². The smallest absolute Gasteiger partial charge is 0.233 e. The second kappa shape index (κ2) is 5.49. The molecule has 0 aliphatic heterocycles. The monoisotopic (exact) mass is 327 g/mol. The summed E-state index contributed by atoms with van der Waals surface area (Å²) < 4.78 is 0.973. The fourth-order valence-corrected chi connectivity index (χ4v) is 1.85. The summed E-state index contributed by atoms with van der Waals surface area (Å²) in [5, 5.41) is 3.24. The Hall–Kier alpha value is -1.40. The fourth-order valence-electron chi connectivity index (χ4n) is 1.29. The lowest BCUT2D eigenvalue weighted by molar-refractivity contribution is 0.961. The Morgan fingerprint density at radius 3 is 2.67 bits per heavy atom. The van der Waals surface area contributed by atoms with Crippen molar-refractivity contribution in [3.8, 4) is 0 Å². The van der Waals surface area contributed by atoms with Crippen molar-refractivity contribution in [2.24, 2.45) is 0 Å². The van der Waals surface area contributed by atoms with E-state index in [9.17, 15) is 0 Å². The predicted octanol–water partition coefficient (Wildman–Crippen LogP) is 3.10. The van der Waals surface area contributed by atoms with Crippen LogP contribution in [0.1, 0.15) is 0 Å². The zero-order valence-corrected chi connectivity index (χ0v) is 12.2. The summed E-state index contributed by atoms with van der Waals surface area (Å²) in [4.78, 5) is 14.1. The van der Waals surface area contributed by atoms with Gasteiger partial charge in [-0.3, -0.25) is 0 Å². The maximum atomic E-state index is 5.85. The number of nitrogens with zero attached hydrogens (tertiary/aromatic N) is 4. The van der Waals surface area contributed by atoms with Crippen LogP contribution in [0.25, 0.3) is 0 Å². The Bertz CT molecular complexity index is 561. The molecule has 0 radical (unpaired) electrons. The van der Waals surface area contributed by atoms with Gasteiger partial charge in [0.1, 0.15) is 0 Å². The van der Waals surface area contributed by atoms with Gasteiger partial charge in [0.05, 0.1) is 0 Å². The second-order valence-corrected chi connectivity index (χ2v) is 5.01. The summed E-state index contributed by atoms with van der Waals surface area (Å²) in [5.41, 5.74) is 0.872. The van der Waals surface area contributed by atoms with Crippen molar-refractivity contribution in [2.45, 2.75) is 0 Å². The first-order chi connectivity index (χ1) is 8.54. The molecule has 0 aliphatic rings. The molecule has 0 atom stereocenters. The van der Waals surface area contributed by atoms with Crippen molar-refractivity contribution in [1.82, 2.24) is 15.0 Å². The molecule has 2 aromatic rings. The van der Waals surface area contributed by atoms with E-state index in [1.807, 2.05) is 38.4 Å². The quantitative estimate of drug-likeness (QED) is 0.938. The summed E-state index contributed by atoms with van der Waals surface area (Å²) >= 11 is 9.25. The van der Waals surface area contributed by atoms with Gasteiger partial charge in [-0.15, -0.1) is 0 Å². The lowest BCUT2D eigenvalue weighted by atomic mass is 10.3. The van der Waals surface area contributed by atoms with Crippen molar-refractivity contribution in [3.05, 3.63) is 34.0 Å². The van der Waals surface area contributed by atoms with Crippen LogP contribution in [0.3, 0.4) is 0 Å². The van der Waals surface area contributed by atoms with Crippen molar-refractivity contribution in [1.29, 1.82) is 0 Å². The van der Waals surface area contributed by atoms with Crippen LogP contribution < -0.4 is 10.2 Å². The Balaban J connectivity index is 2.29. The molecule has 2 rings (SSSR count). The number of benzene rings is 1. The molecule has 18 heavy (non-hydrogen) atoms. The Kier molecular flexibility index (Phi) is 3.98. The zero-order chi connectivity index (χ0) is 13.1. The number of hydrogen-bond acceptors (Lipinski definition) is 5. The Morgan fingerprint density at radius 2 is 2.00 bits per heavy atom. The molecule has 0 aliphatic carbocycles. The normalized spacial score (nSPS) is 10.2. The Morgan fingerprint density at radius 1 is 1.22 bits per heavy atom. The van der Waals surface area contributed by atoms with Crippen LogP contribution in [0, 0.1) is 0 Å². The van der Waals surface area contributed by atoms with E-state index < -0.39 is 0 Å². The molecule has 1 heterocycles. The van der Waals surface area contributed by atoms with Crippen molar-refractivity contribution < 1.29 is 0 Å². The van der Waals surface area contributed by atoms with Crippen LogP contribution in [0.4, 0.5) is 17.6 Å². The molecular weight excluding hydrogens is 318 g/mol. The summed E-state index contributed by atoms with van der Waals surface area (Å²) in [6.07, 6.45) is 0. The van der Waals surface area contributed by atoms with E-state index >= 15 is 0 Å². The van der Waals surface area contributed by atoms with E-state index in [4.69, 9.17) is 11.6 Å². The van der Waals surface area contributed by atoms with E-state index in [1.165, 1.54) is 0 Å². The van der Waals surface area contributed by atoms with Crippen molar-refractivity contribution in [2.75, 3.05) is 24.3 Å². The molecule has 0 amide bonds. The Labute approximate surface area is 118 Å². The highest BCUT2D eigenvalue weighted by atomic mass is 79.9. The molecule has 0 bridgehead atoms. The summed E-state index contributed by atoms with van der Waals surface area (Å²) in [7, 11) is 3.68. The molecule has 0 spiro atoms. The average molecular weight is 329 g/mol. The molecule has 0 saturated carbocycles. The maximum Gasteiger partial charge on any atom is 0.233 e. The van der Waals surface area contributed by atoms with Gasteiger partial charge in [0, 0.05) is 24.3 Å². The molecule has 0 saturated heterocycles. The molecule has 1 aromatic heterocycles. The number of hydrogen-bond donors (Lipinski definition) is 1. The topological polar surface area (TPSA) is 53.9 Å². The van der Waals surface area contributed by atoms with Gasteiger partial charge in [0.25, 0.3) is 0 Å². The third-order valence-electron chi connectivity index (χ3n) is 2.08. The average Bonchev–Trinajstić information content (AvgIpc) is 2.28. The van der Waals surface area contributed by atoms with Gasteiger partial charge in [-0.1, -0.05) is 22.0 Å². The highest BCUT2D eigenvalue weighted by molar-refractivity contribution is 9.10. The van der Waals surface area contributed by atoms with Crippen molar-refractivity contribution >= 4 is 45.1 Å². The maximum absolute atomic E-state index is 5.85. The highest BCUT2D eigenvalue weighted by Gasteiger charge is 2.06.